The lowest BCUT2D eigenvalue weighted by Crippen LogP contribution is -2.26. The number of methoxy groups -OCH3 is 3. The van der Waals surface area contributed by atoms with E-state index >= 15 is 0 Å². The topological polar surface area (TPSA) is 109 Å². The van der Waals surface area contributed by atoms with Crippen LogP contribution in [0, 0.1) is 0 Å². The third-order valence-corrected chi connectivity index (χ3v) is 5.35. The Balaban J connectivity index is 1.53. The quantitative estimate of drug-likeness (QED) is 0.388. The van der Waals surface area contributed by atoms with Gasteiger partial charge in [0.05, 0.1) is 21.3 Å². The molecule has 0 saturated heterocycles. The highest BCUT2D eigenvalue weighted by atomic mass is 16.5. The number of hydrogen-bond donors (Lipinski definition) is 2. The minimum Gasteiger partial charge on any atom is -0.493 e. The number of carbonyl (C=O) groups is 2. The summed E-state index contributed by atoms with van der Waals surface area (Å²) in [6.45, 7) is 0.194. The van der Waals surface area contributed by atoms with Gasteiger partial charge in [0.1, 0.15) is 6.61 Å². The number of amides is 1. The largest absolute Gasteiger partial charge is 0.493 e. The predicted octanol–water partition coefficient (Wildman–Crippen LogP) is 4.60. The summed E-state index contributed by atoms with van der Waals surface area (Å²) in [6, 6.07) is 19.6. The molecule has 0 heterocycles. The summed E-state index contributed by atoms with van der Waals surface area (Å²) in [5, 5.41) is 2.70. The third kappa shape index (κ3) is 7.22. The van der Waals surface area contributed by atoms with E-state index in [1.54, 1.807) is 24.3 Å². The Kier molecular flexibility index (Phi) is 9.09. The van der Waals surface area contributed by atoms with Crippen molar-refractivity contribution in [2.75, 3.05) is 26.6 Å². The number of carbonyl (C=O) groups excluding carboxylic acids is 2. The number of ether oxygens (including phenoxy) is 4. The van der Waals surface area contributed by atoms with Crippen LogP contribution in [0.25, 0.3) is 0 Å². The molecule has 0 radical (unpaired) electrons. The molecule has 0 spiro atoms. The Labute approximate surface area is 204 Å². The first-order valence-electron chi connectivity index (χ1n) is 11.1. The number of benzene rings is 3. The summed E-state index contributed by atoms with van der Waals surface area (Å²) >= 11 is 0. The van der Waals surface area contributed by atoms with Gasteiger partial charge in [0, 0.05) is 23.7 Å². The third-order valence-electron chi connectivity index (χ3n) is 5.35. The van der Waals surface area contributed by atoms with Crippen molar-refractivity contribution in [1.82, 2.24) is 0 Å². The summed E-state index contributed by atoms with van der Waals surface area (Å²) in [5.74, 6) is 1.12. The van der Waals surface area contributed by atoms with Crippen LogP contribution in [0.2, 0.25) is 0 Å². The van der Waals surface area contributed by atoms with E-state index in [0.717, 1.165) is 11.1 Å². The highest BCUT2D eigenvalue weighted by molar-refractivity contribution is 5.97. The van der Waals surface area contributed by atoms with Gasteiger partial charge in [0.25, 0.3) is 0 Å². The molecule has 3 N–H and O–H groups in total. The molecule has 0 aliphatic heterocycles. The van der Waals surface area contributed by atoms with Gasteiger partial charge in [-0.3, -0.25) is 10.1 Å². The van der Waals surface area contributed by atoms with Gasteiger partial charge < -0.3 is 24.7 Å². The summed E-state index contributed by atoms with van der Waals surface area (Å²) in [7, 11) is 4.50. The molecular weight excluding hydrogens is 448 g/mol. The number of nitrogens with one attached hydrogen (secondary N) is 1. The molecule has 0 fully saturated rings. The fourth-order valence-electron chi connectivity index (χ4n) is 3.57. The molecule has 35 heavy (non-hydrogen) atoms. The fraction of sp³-hybridized carbons (Fsp3) is 0.259. The molecule has 1 amide bonds. The summed E-state index contributed by atoms with van der Waals surface area (Å²) in [5.41, 5.74) is 9.15. The molecule has 1 unspecified atom stereocenters. The van der Waals surface area contributed by atoms with Gasteiger partial charge >= 0.3 is 6.09 Å². The van der Waals surface area contributed by atoms with Crippen molar-refractivity contribution in [3.63, 3.8) is 0 Å². The van der Waals surface area contributed by atoms with Crippen molar-refractivity contribution in [2.45, 2.75) is 25.5 Å². The first-order chi connectivity index (χ1) is 16.9. The van der Waals surface area contributed by atoms with E-state index in [2.05, 4.69) is 5.32 Å². The lowest BCUT2D eigenvalue weighted by Gasteiger charge is -2.15. The van der Waals surface area contributed by atoms with E-state index in [9.17, 15) is 9.59 Å². The predicted molar refractivity (Wildman–Crippen MR) is 133 cm³/mol. The van der Waals surface area contributed by atoms with Crippen molar-refractivity contribution < 1.29 is 28.5 Å². The monoisotopic (exact) mass is 478 g/mol. The second kappa shape index (κ2) is 12.4. The van der Waals surface area contributed by atoms with Crippen LogP contribution in [0.4, 0.5) is 10.5 Å². The second-order valence-corrected chi connectivity index (χ2v) is 7.89. The van der Waals surface area contributed by atoms with E-state index in [1.165, 1.54) is 21.3 Å². The molecule has 0 bridgehead atoms. The molecule has 3 aromatic rings. The molecule has 0 aromatic heterocycles. The van der Waals surface area contributed by atoms with Gasteiger partial charge in [-0.15, -0.1) is 0 Å². The maximum Gasteiger partial charge on any atom is 0.411 e. The second-order valence-electron chi connectivity index (χ2n) is 7.89. The zero-order valence-corrected chi connectivity index (χ0v) is 20.1. The summed E-state index contributed by atoms with van der Waals surface area (Å²) in [4.78, 5) is 24.8. The molecule has 0 aliphatic carbocycles. The molecular formula is C27H30N2O6. The van der Waals surface area contributed by atoms with E-state index in [-0.39, 0.29) is 18.8 Å². The Bertz CT molecular complexity index is 1110. The Morgan fingerprint density at radius 1 is 0.857 bits per heavy atom. The van der Waals surface area contributed by atoms with Crippen molar-refractivity contribution in [1.29, 1.82) is 0 Å². The van der Waals surface area contributed by atoms with Gasteiger partial charge in [-0.2, -0.15) is 0 Å². The minimum absolute atomic E-state index is 0.129. The van der Waals surface area contributed by atoms with Crippen LogP contribution in [0.3, 0.4) is 0 Å². The SMILES string of the molecule is COc1cc(C(=O)CC(N)Cc2ccc(NC(=O)OCc3ccccc3)cc2)cc(OC)c1OC. The lowest BCUT2D eigenvalue weighted by molar-refractivity contribution is 0.0973. The number of anilines is 1. The Morgan fingerprint density at radius 3 is 2.06 bits per heavy atom. The van der Waals surface area contributed by atoms with Crippen molar-refractivity contribution >= 4 is 17.6 Å². The zero-order valence-electron chi connectivity index (χ0n) is 20.1. The van der Waals surface area contributed by atoms with Crippen molar-refractivity contribution in [2.24, 2.45) is 5.73 Å². The standard InChI is InChI=1S/C27H30N2O6/c1-32-24-14-20(15-25(33-2)26(24)34-3)23(30)16-21(28)13-18-9-11-22(12-10-18)29-27(31)35-17-19-7-5-4-6-8-19/h4-12,14-15,21H,13,16-17,28H2,1-3H3,(H,29,31). The highest BCUT2D eigenvalue weighted by Gasteiger charge is 2.19. The molecule has 8 heteroatoms. The van der Waals surface area contributed by atoms with E-state index < -0.39 is 12.1 Å². The van der Waals surface area contributed by atoms with Crippen LogP contribution in [0.15, 0.2) is 66.7 Å². The van der Waals surface area contributed by atoms with Gasteiger partial charge in [0.2, 0.25) is 5.75 Å². The summed E-state index contributed by atoms with van der Waals surface area (Å²) in [6.07, 6.45) is 0.105. The zero-order chi connectivity index (χ0) is 25.2. The Morgan fingerprint density at radius 2 is 1.49 bits per heavy atom. The number of ketones is 1. The van der Waals surface area contributed by atoms with Crippen molar-refractivity contribution in [3.8, 4) is 17.2 Å². The maximum atomic E-state index is 12.8. The molecule has 0 aliphatic rings. The van der Waals surface area contributed by atoms with Crippen molar-refractivity contribution in [3.05, 3.63) is 83.4 Å². The van der Waals surface area contributed by atoms with E-state index in [4.69, 9.17) is 24.7 Å². The van der Waals surface area contributed by atoms with Crippen LogP contribution >= 0.6 is 0 Å². The summed E-state index contributed by atoms with van der Waals surface area (Å²) < 4.78 is 21.2. The van der Waals surface area contributed by atoms with Gasteiger partial charge in [0.15, 0.2) is 17.3 Å². The van der Waals surface area contributed by atoms with Crippen LogP contribution in [-0.4, -0.2) is 39.2 Å². The van der Waals surface area contributed by atoms with E-state index in [0.29, 0.717) is 34.9 Å². The normalized spacial score (nSPS) is 11.3. The number of hydrogen-bond acceptors (Lipinski definition) is 7. The van der Waals surface area contributed by atoms with Gasteiger partial charge in [-0.05, 0) is 41.8 Å². The maximum absolute atomic E-state index is 12.8. The first kappa shape index (κ1) is 25.6. The van der Waals surface area contributed by atoms with Gasteiger partial charge in [-0.1, -0.05) is 42.5 Å². The molecule has 0 saturated carbocycles. The fourth-order valence-corrected chi connectivity index (χ4v) is 3.57. The molecule has 184 valence electrons. The average molecular weight is 479 g/mol. The first-order valence-corrected chi connectivity index (χ1v) is 11.1. The highest BCUT2D eigenvalue weighted by Crippen LogP contribution is 2.38. The van der Waals surface area contributed by atoms with Crippen LogP contribution in [-0.2, 0) is 17.8 Å². The number of nitrogens with two attached hydrogens (primary N) is 1. The molecule has 8 nitrogen and oxygen atoms in total. The minimum atomic E-state index is -0.533. The Hall–Kier alpha value is -4.04. The molecule has 3 rings (SSSR count). The van der Waals surface area contributed by atoms with E-state index in [1.807, 2.05) is 42.5 Å². The number of Topliss-reactive ketones (excluding diaryl/α,β-unsaturated/α-hetero) is 1. The lowest BCUT2D eigenvalue weighted by atomic mass is 9.98. The molecule has 3 aromatic carbocycles. The number of rotatable bonds is 11. The molecule has 1 atom stereocenters. The van der Waals surface area contributed by atoms with Crippen LogP contribution in [0.1, 0.15) is 27.9 Å². The van der Waals surface area contributed by atoms with Crippen LogP contribution < -0.4 is 25.3 Å². The van der Waals surface area contributed by atoms with Crippen LogP contribution in [0.5, 0.6) is 17.2 Å². The van der Waals surface area contributed by atoms with Gasteiger partial charge in [-0.25, -0.2) is 4.79 Å². The smallest absolute Gasteiger partial charge is 0.411 e. The average Bonchev–Trinajstić information content (AvgIpc) is 2.88.